The molecule has 0 amide bonds. The first kappa shape index (κ1) is 11.0. The van der Waals surface area contributed by atoms with Gasteiger partial charge in [0.15, 0.2) is 0 Å². The van der Waals surface area contributed by atoms with Crippen LogP contribution in [0.4, 0.5) is 0 Å². The fourth-order valence-corrected chi connectivity index (χ4v) is 3.20. The van der Waals surface area contributed by atoms with Gasteiger partial charge in [-0.2, -0.15) is 16.9 Å². The van der Waals surface area contributed by atoms with E-state index >= 15 is 0 Å². The van der Waals surface area contributed by atoms with E-state index in [2.05, 4.69) is 24.3 Å². The summed E-state index contributed by atoms with van der Waals surface area (Å²) in [6, 6.07) is 0.703. The Labute approximate surface area is 95.6 Å². The summed E-state index contributed by atoms with van der Waals surface area (Å²) >= 11 is 2.05. The molecule has 1 aromatic heterocycles. The Morgan fingerprint density at radius 2 is 2.33 bits per heavy atom. The van der Waals surface area contributed by atoms with Crippen LogP contribution in [0, 0.1) is 13.8 Å². The number of hydrogen-bond acceptors (Lipinski definition) is 3. The van der Waals surface area contributed by atoms with Crippen molar-refractivity contribution in [1.29, 1.82) is 0 Å². The zero-order chi connectivity index (χ0) is 10.8. The number of hydrogen-bond donors (Lipinski definition) is 1. The highest BCUT2D eigenvalue weighted by molar-refractivity contribution is 7.99. The van der Waals surface area contributed by atoms with E-state index in [0.717, 1.165) is 12.2 Å². The summed E-state index contributed by atoms with van der Waals surface area (Å²) in [6.07, 6.45) is 1.31. The zero-order valence-corrected chi connectivity index (χ0v) is 10.5. The van der Waals surface area contributed by atoms with Crippen LogP contribution >= 0.6 is 11.8 Å². The average Bonchev–Trinajstić information content (AvgIpc) is 2.76. The Bertz CT molecular complexity index is 340. The Morgan fingerprint density at radius 1 is 1.53 bits per heavy atom. The van der Waals surface area contributed by atoms with Crippen molar-refractivity contribution in [1.82, 2.24) is 15.1 Å². The summed E-state index contributed by atoms with van der Waals surface area (Å²) in [7, 11) is 2.01. The Kier molecular flexibility index (Phi) is 3.36. The second-order valence-corrected chi connectivity index (χ2v) is 5.36. The average molecular weight is 225 g/mol. The van der Waals surface area contributed by atoms with Crippen LogP contribution in [0.2, 0.25) is 0 Å². The van der Waals surface area contributed by atoms with E-state index in [0.29, 0.717) is 6.04 Å². The molecule has 4 heteroatoms. The number of thioether (sulfide) groups is 1. The number of nitrogens with one attached hydrogen (secondary N) is 1. The lowest BCUT2D eigenvalue weighted by atomic mass is 10.2. The lowest BCUT2D eigenvalue weighted by Crippen LogP contribution is -2.28. The smallest absolute Gasteiger partial charge is 0.0641 e. The standard InChI is InChI=1S/C11H19N3S/c1-8-11(9(2)14(3)13-8)6-12-10-4-5-15-7-10/h10,12H,4-7H2,1-3H3. The van der Waals surface area contributed by atoms with Crippen molar-refractivity contribution < 1.29 is 0 Å². The highest BCUT2D eigenvalue weighted by Crippen LogP contribution is 2.18. The van der Waals surface area contributed by atoms with Gasteiger partial charge in [0.2, 0.25) is 0 Å². The van der Waals surface area contributed by atoms with Gasteiger partial charge in [-0.15, -0.1) is 0 Å². The van der Waals surface area contributed by atoms with Gasteiger partial charge in [0.25, 0.3) is 0 Å². The molecule has 1 aliphatic rings. The summed E-state index contributed by atoms with van der Waals surface area (Å²) in [6.45, 7) is 5.20. The van der Waals surface area contributed by atoms with Crippen molar-refractivity contribution in [2.24, 2.45) is 7.05 Å². The Balaban J connectivity index is 1.97. The molecule has 0 saturated carbocycles. The van der Waals surface area contributed by atoms with E-state index in [1.807, 2.05) is 23.5 Å². The van der Waals surface area contributed by atoms with Gasteiger partial charge >= 0.3 is 0 Å². The zero-order valence-electron chi connectivity index (χ0n) is 9.71. The SMILES string of the molecule is Cc1nn(C)c(C)c1CNC1CCSC1. The van der Waals surface area contributed by atoms with Crippen molar-refractivity contribution in [2.45, 2.75) is 32.9 Å². The van der Waals surface area contributed by atoms with Crippen LogP contribution in [-0.4, -0.2) is 27.3 Å². The minimum absolute atomic E-state index is 0.703. The Hall–Kier alpha value is -0.480. The van der Waals surface area contributed by atoms with Gasteiger partial charge in [-0.3, -0.25) is 4.68 Å². The third kappa shape index (κ3) is 2.37. The maximum Gasteiger partial charge on any atom is 0.0641 e. The predicted octanol–water partition coefficient (Wildman–Crippen LogP) is 1.63. The molecule has 2 heterocycles. The molecule has 15 heavy (non-hydrogen) atoms. The molecule has 0 aromatic carbocycles. The molecule has 0 radical (unpaired) electrons. The largest absolute Gasteiger partial charge is 0.309 e. The topological polar surface area (TPSA) is 29.9 Å². The van der Waals surface area contributed by atoms with Crippen LogP contribution in [0.25, 0.3) is 0 Å². The monoisotopic (exact) mass is 225 g/mol. The van der Waals surface area contributed by atoms with Crippen molar-refractivity contribution in [3.63, 3.8) is 0 Å². The number of nitrogens with zero attached hydrogens (tertiary/aromatic N) is 2. The molecule has 2 rings (SSSR count). The third-order valence-corrected chi connectivity index (χ3v) is 4.32. The van der Waals surface area contributed by atoms with Gasteiger partial charge < -0.3 is 5.32 Å². The molecule has 1 fully saturated rings. The van der Waals surface area contributed by atoms with E-state index in [4.69, 9.17) is 0 Å². The maximum atomic E-state index is 4.43. The maximum absolute atomic E-state index is 4.43. The molecule has 1 N–H and O–H groups in total. The fraction of sp³-hybridized carbons (Fsp3) is 0.727. The normalized spacial score (nSPS) is 21.1. The molecular formula is C11H19N3S. The fourth-order valence-electron chi connectivity index (χ4n) is 2.02. The number of rotatable bonds is 3. The van der Waals surface area contributed by atoms with E-state index in [1.165, 1.54) is 29.2 Å². The van der Waals surface area contributed by atoms with Crippen LogP contribution in [0.1, 0.15) is 23.4 Å². The quantitative estimate of drug-likeness (QED) is 0.848. The lowest BCUT2D eigenvalue weighted by molar-refractivity contribution is 0.555. The molecule has 0 aliphatic carbocycles. The molecule has 0 bridgehead atoms. The van der Waals surface area contributed by atoms with Crippen LogP contribution in [0.5, 0.6) is 0 Å². The minimum atomic E-state index is 0.703. The summed E-state index contributed by atoms with van der Waals surface area (Å²) in [5.74, 6) is 2.57. The van der Waals surface area contributed by atoms with E-state index in [-0.39, 0.29) is 0 Å². The number of aryl methyl sites for hydroxylation is 2. The predicted molar refractivity (Wildman–Crippen MR) is 65.3 cm³/mol. The molecular weight excluding hydrogens is 206 g/mol. The minimum Gasteiger partial charge on any atom is -0.309 e. The summed E-state index contributed by atoms with van der Waals surface area (Å²) in [5.41, 5.74) is 3.81. The highest BCUT2D eigenvalue weighted by atomic mass is 32.2. The molecule has 1 atom stereocenters. The second-order valence-electron chi connectivity index (χ2n) is 4.21. The summed E-state index contributed by atoms with van der Waals surface area (Å²) in [5, 5.41) is 8.05. The van der Waals surface area contributed by atoms with Crippen LogP contribution < -0.4 is 5.32 Å². The third-order valence-electron chi connectivity index (χ3n) is 3.16. The van der Waals surface area contributed by atoms with Gasteiger partial charge in [-0.1, -0.05) is 0 Å². The van der Waals surface area contributed by atoms with Gasteiger partial charge in [0, 0.05) is 36.6 Å². The lowest BCUT2D eigenvalue weighted by Gasteiger charge is -2.11. The van der Waals surface area contributed by atoms with Crippen molar-refractivity contribution in [2.75, 3.05) is 11.5 Å². The van der Waals surface area contributed by atoms with Crippen molar-refractivity contribution in [3.8, 4) is 0 Å². The van der Waals surface area contributed by atoms with E-state index < -0.39 is 0 Å². The van der Waals surface area contributed by atoms with Gasteiger partial charge in [-0.05, 0) is 26.0 Å². The molecule has 0 spiro atoms. The first-order chi connectivity index (χ1) is 7.18. The molecule has 1 aliphatic heterocycles. The van der Waals surface area contributed by atoms with Gasteiger partial charge in [0.05, 0.1) is 5.69 Å². The second kappa shape index (κ2) is 4.58. The Morgan fingerprint density at radius 3 is 2.87 bits per heavy atom. The van der Waals surface area contributed by atoms with Gasteiger partial charge in [0.1, 0.15) is 0 Å². The van der Waals surface area contributed by atoms with E-state index in [9.17, 15) is 0 Å². The summed E-state index contributed by atoms with van der Waals surface area (Å²) in [4.78, 5) is 0. The number of aromatic nitrogens is 2. The van der Waals surface area contributed by atoms with E-state index in [1.54, 1.807) is 0 Å². The molecule has 1 saturated heterocycles. The molecule has 84 valence electrons. The molecule has 1 aromatic rings. The van der Waals surface area contributed by atoms with Crippen molar-refractivity contribution in [3.05, 3.63) is 17.0 Å². The molecule has 3 nitrogen and oxygen atoms in total. The first-order valence-corrected chi connectivity index (χ1v) is 6.64. The highest BCUT2D eigenvalue weighted by Gasteiger charge is 2.16. The van der Waals surface area contributed by atoms with Crippen LogP contribution in [0.15, 0.2) is 0 Å². The summed E-state index contributed by atoms with van der Waals surface area (Å²) < 4.78 is 1.97. The molecule has 1 unspecified atom stereocenters. The first-order valence-electron chi connectivity index (χ1n) is 5.48. The van der Waals surface area contributed by atoms with Crippen LogP contribution in [-0.2, 0) is 13.6 Å². The van der Waals surface area contributed by atoms with Crippen LogP contribution in [0.3, 0.4) is 0 Å². The van der Waals surface area contributed by atoms with Crippen molar-refractivity contribution >= 4 is 11.8 Å². The van der Waals surface area contributed by atoms with Gasteiger partial charge in [-0.25, -0.2) is 0 Å².